The maximum Gasteiger partial charge on any atom is 0.319 e. The molecular formula is C29H23NO5. The summed E-state index contributed by atoms with van der Waals surface area (Å²) in [5.41, 5.74) is 3.89. The zero-order valence-electron chi connectivity index (χ0n) is 19.3. The number of anilines is 1. The first-order valence-electron chi connectivity index (χ1n) is 11.6. The molecule has 174 valence electrons. The number of ether oxygens (including phenoxy) is 2. The molecule has 1 saturated heterocycles. The monoisotopic (exact) mass is 465 g/mol. The van der Waals surface area contributed by atoms with E-state index in [0.29, 0.717) is 17.2 Å². The van der Waals surface area contributed by atoms with Gasteiger partial charge in [-0.15, -0.1) is 0 Å². The van der Waals surface area contributed by atoms with Gasteiger partial charge in [0, 0.05) is 11.5 Å². The summed E-state index contributed by atoms with van der Waals surface area (Å²) in [6, 6.07) is 22.1. The van der Waals surface area contributed by atoms with Crippen LogP contribution in [0.1, 0.15) is 22.6 Å². The Labute approximate surface area is 202 Å². The minimum Gasteiger partial charge on any atom is -0.497 e. The molecule has 1 fully saturated rings. The number of rotatable bonds is 3. The second-order valence-electron chi connectivity index (χ2n) is 9.22. The van der Waals surface area contributed by atoms with Crippen molar-refractivity contribution >= 4 is 29.0 Å². The zero-order chi connectivity index (χ0) is 24.3. The Hall–Kier alpha value is -4.19. The summed E-state index contributed by atoms with van der Waals surface area (Å²) in [7, 11) is 1.60. The molecule has 6 nitrogen and oxygen atoms in total. The molecule has 0 bridgehead atoms. The lowest BCUT2D eigenvalue weighted by Crippen LogP contribution is -2.42. The fourth-order valence-corrected chi connectivity index (χ4v) is 5.65. The second-order valence-corrected chi connectivity index (χ2v) is 9.22. The van der Waals surface area contributed by atoms with Crippen molar-refractivity contribution in [2.45, 2.75) is 12.8 Å². The van der Waals surface area contributed by atoms with E-state index in [0.717, 1.165) is 22.3 Å². The van der Waals surface area contributed by atoms with E-state index in [4.69, 9.17) is 9.47 Å². The maximum atomic E-state index is 13.8. The Balaban J connectivity index is 1.55. The van der Waals surface area contributed by atoms with Crippen LogP contribution < -0.4 is 14.4 Å². The van der Waals surface area contributed by atoms with Gasteiger partial charge in [-0.3, -0.25) is 14.4 Å². The first-order valence-corrected chi connectivity index (χ1v) is 11.6. The first-order chi connectivity index (χ1) is 17.0. The molecule has 4 atom stereocenters. The van der Waals surface area contributed by atoms with Gasteiger partial charge in [0.05, 0.1) is 30.6 Å². The quantitative estimate of drug-likeness (QED) is 0.323. The molecule has 2 aliphatic heterocycles. The molecule has 3 aliphatic rings. The number of benzene rings is 3. The van der Waals surface area contributed by atoms with E-state index in [9.17, 15) is 14.4 Å². The number of fused-ring (bicyclic) bond motifs is 5. The third-order valence-electron chi connectivity index (χ3n) is 7.27. The van der Waals surface area contributed by atoms with Crippen LogP contribution >= 0.6 is 0 Å². The summed E-state index contributed by atoms with van der Waals surface area (Å²) in [4.78, 5) is 42.2. The molecule has 1 aliphatic carbocycles. The van der Waals surface area contributed by atoms with Crippen LogP contribution in [-0.4, -0.2) is 24.9 Å². The number of methoxy groups -OCH3 is 1. The molecule has 0 spiro atoms. The highest BCUT2D eigenvalue weighted by atomic mass is 16.5. The fraction of sp³-hybridized carbons (Fsp3) is 0.207. The lowest BCUT2D eigenvalue weighted by molar-refractivity contribution is -0.142. The molecule has 0 N–H and O–H groups in total. The highest BCUT2D eigenvalue weighted by molar-refractivity contribution is 6.24. The lowest BCUT2D eigenvalue weighted by atomic mass is 9.64. The van der Waals surface area contributed by atoms with Crippen LogP contribution in [0.2, 0.25) is 0 Å². The van der Waals surface area contributed by atoms with E-state index in [1.54, 1.807) is 31.4 Å². The lowest BCUT2D eigenvalue weighted by Gasteiger charge is -2.38. The predicted octanol–water partition coefficient (Wildman–Crippen LogP) is 4.53. The van der Waals surface area contributed by atoms with E-state index < -0.39 is 23.7 Å². The average molecular weight is 466 g/mol. The van der Waals surface area contributed by atoms with Gasteiger partial charge < -0.3 is 9.47 Å². The van der Waals surface area contributed by atoms with Crippen molar-refractivity contribution in [3.8, 4) is 11.5 Å². The number of esters is 1. The number of nitrogens with zero attached hydrogens (tertiary/aromatic N) is 1. The van der Waals surface area contributed by atoms with Crippen molar-refractivity contribution < 1.29 is 23.9 Å². The van der Waals surface area contributed by atoms with E-state index in [2.05, 4.69) is 0 Å². The van der Waals surface area contributed by atoms with E-state index in [1.807, 2.05) is 61.5 Å². The van der Waals surface area contributed by atoms with Crippen molar-refractivity contribution in [3.05, 3.63) is 95.6 Å². The van der Waals surface area contributed by atoms with Gasteiger partial charge in [0.1, 0.15) is 11.5 Å². The first kappa shape index (κ1) is 21.4. The number of hydrogen-bond donors (Lipinski definition) is 0. The van der Waals surface area contributed by atoms with E-state index >= 15 is 0 Å². The van der Waals surface area contributed by atoms with Crippen LogP contribution in [0.4, 0.5) is 5.69 Å². The van der Waals surface area contributed by atoms with Crippen LogP contribution in [0.25, 0.3) is 5.57 Å². The Morgan fingerprint density at radius 3 is 2.29 bits per heavy atom. The van der Waals surface area contributed by atoms with Crippen LogP contribution in [-0.2, 0) is 14.4 Å². The molecule has 6 rings (SSSR count). The molecule has 2 amide bonds. The van der Waals surface area contributed by atoms with Crippen LogP contribution in [0, 0.1) is 24.7 Å². The van der Waals surface area contributed by atoms with Crippen molar-refractivity contribution in [2.24, 2.45) is 17.8 Å². The number of imide groups is 1. The number of carbonyl (C=O) groups is 3. The number of hydrogen-bond acceptors (Lipinski definition) is 5. The summed E-state index contributed by atoms with van der Waals surface area (Å²) in [5, 5.41) is 0. The Morgan fingerprint density at radius 2 is 1.57 bits per heavy atom. The number of amides is 2. The third kappa shape index (κ3) is 3.21. The second kappa shape index (κ2) is 7.94. The minimum atomic E-state index is -0.850. The number of para-hydroxylation sites is 1. The Kier molecular flexibility index (Phi) is 4.85. The van der Waals surface area contributed by atoms with Gasteiger partial charge in [-0.25, -0.2) is 4.90 Å². The van der Waals surface area contributed by atoms with Gasteiger partial charge in [-0.2, -0.15) is 0 Å². The van der Waals surface area contributed by atoms with E-state index in [-0.39, 0.29) is 17.7 Å². The Bertz CT molecular complexity index is 1390. The van der Waals surface area contributed by atoms with Gasteiger partial charge in [0.25, 0.3) is 0 Å². The molecule has 3 aromatic rings. The summed E-state index contributed by atoms with van der Waals surface area (Å²) < 4.78 is 11.0. The van der Waals surface area contributed by atoms with Crippen molar-refractivity contribution in [1.82, 2.24) is 0 Å². The SMILES string of the molecule is COc1ccc([C@@H]2C=C3c4ccc(C)cc4OC(=O)[C@@H]3[C@@H]3C(=O)N(c4ccccc4)C(=O)[C@@H]32)cc1. The molecule has 2 heterocycles. The van der Waals surface area contributed by atoms with Gasteiger partial charge >= 0.3 is 5.97 Å². The molecule has 0 saturated carbocycles. The fourth-order valence-electron chi connectivity index (χ4n) is 5.65. The summed E-state index contributed by atoms with van der Waals surface area (Å²) >= 11 is 0. The summed E-state index contributed by atoms with van der Waals surface area (Å²) in [6.07, 6.45) is 1.99. The van der Waals surface area contributed by atoms with Crippen molar-refractivity contribution in [2.75, 3.05) is 12.0 Å². The molecule has 0 unspecified atom stereocenters. The van der Waals surface area contributed by atoms with Crippen LogP contribution in [0.5, 0.6) is 11.5 Å². The standard InChI is InChI=1S/C29H23NO5/c1-16-8-13-20-22-15-21(17-9-11-19(34-2)12-10-17)24-26(25(22)29(33)35-23(20)14-16)28(32)30(27(24)31)18-6-4-3-5-7-18/h3-15,21,24-26H,1-2H3/t21-,24+,25-,26+/m0/s1. The van der Waals surface area contributed by atoms with Crippen molar-refractivity contribution in [3.63, 3.8) is 0 Å². The maximum absolute atomic E-state index is 13.8. The van der Waals surface area contributed by atoms with Gasteiger partial charge in [0.2, 0.25) is 11.8 Å². The number of allylic oxidation sites excluding steroid dienone is 1. The highest BCUT2D eigenvalue weighted by Crippen LogP contribution is 2.54. The molecule has 35 heavy (non-hydrogen) atoms. The van der Waals surface area contributed by atoms with Crippen LogP contribution in [0.15, 0.2) is 78.9 Å². The summed E-state index contributed by atoms with van der Waals surface area (Å²) in [5.74, 6) is -2.76. The van der Waals surface area contributed by atoms with Crippen molar-refractivity contribution in [1.29, 1.82) is 0 Å². The Morgan fingerprint density at radius 1 is 0.857 bits per heavy atom. The number of aryl methyl sites for hydroxylation is 1. The smallest absolute Gasteiger partial charge is 0.319 e. The highest BCUT2D eigenvalue weighted by Gasteiger charge is 2.60. The predicted molar refractivity (Wildman–Crippen MR) is 130 cm³/mol. The summed E-state index contributed by atoms with van der Waals surface area (Å²) in [6.45, 7) is 1.93. The average Bonchev–Trinajstić information content (AvgIpc) is 3.14. The minimum absolute atomic E-state index is 0.301. The van der Waals surface area contributed by atoms with Crippen LogP contribution in [0.3, 0.4) is 0 Å². The molecule has 6 heteroatoms. The third-order valence-corrected chi connectivity index (χ3v) is 7.27. The topological polar surface area (TPSA) is 72.9 Å². The largest absolute Gasteiger partial charge is 0.497 e. The van der Waals surface area contributed by atoms with Gasteiger partial charge in [0.15, 0.2) is 0 Å². The van der Waals surface area contributed by atoms with Gasteiger partial charge in [-0.1, -0.05) is 48.5 Å². The normalized spacial score (nSPS) is 24.8. The molecule has 3 aromatic carbocycles. The molecular weight excluding hydrogens is 442 g/mol. The molecule has 0 aromatic heterocycles. The van der Waals surface area contributed by atoms with Gasteiger partial charge in [-0.05, 0) is 54.0 Å². The van der Waals surface area contributed by atoms with E-state index in [1.165, 1.54) is 4.90 Å². The molecule has 0 radical (unpaired) electrons. The zero-order valence-corrected chi connectivity index (χ0v) is 19.3. The number of carbonyl (C=O) groups excluding carboxylic acids is 3.